The number of hydrogen-bond acceptors (Lipinski definition) is 9. The molecule has 0 fully saturated rings. The standard InChI is InChI=1S/C26H34N6O4/c1-16(2)32(17(3)4)14-19(33)15-36-21-9-8-20-22(23(21)35-5)29-26(31-12-11-28-24(20)31)30-25(34)18-7-6-10-27-13-18/h6-10,13,16-17,19,33H,11-12,14-15H2,1-5H3,(H,29,30,34)/t19-/m0/s1. The fraction of sp³-hybridized carbons (Fsp3) is 0.462. The van der Waals surface area contributed by atoms with Crippen molar-refractivity contribution < 1.29 is 19.4 Å². The number of carbonyl (C=O) groups is 1. The van der Waals surface area contributed by atoms with E-state index in [0.29, 0.717) is 60.4 Å². The summed E-state index contributed by atoms with van der Waals surface area (Å²) < 4.78 is 11.7. The van der Waals surface area contributed by atoms with Gasteiger partial charge >= 0.3 is 0 Å². The molecule has 3 heterocycles. The van der Waals surface area contributed by atoms with Crippen LogP contribution in [0.3, 0.4) is 0 Å². The van der Waals surface area contributed by atoms with Crippen LogP contribution in [0.15, 0.2) is 46.6 Å². The van der Waals surface area contributed by atoms with Gasteiger partial charge in [0.15, 0.2) is 11.5 Å². The van der Waals surface area contributed by atoms with Gasteiger partial charge in [0.25, 0.3) is 5.91 Å². The molecule has 1 aromatic carbocycles. The predicted octanol–water partition coefficient (Wildman–Crippen LogP) is 2.44. The third kappa shape index (κ3) is 5.34. The molecule has 0 spiro atoms. The number of ether oxygens (including phenoxy) is 2. The first-order valence-electron chi connectivity index (χ1n) is 12.2. The number of hydrogen-bond donors (Lipinski definition) is 2. The Kier molecular flexibility index (Phi) is 7.85. The molecule has 0 saturated carbocycles. The molecule has 2 N–H and O–H groups in total. The summed E-state index contributed by atoms with van der Waals surface area (Å²) in [5.41, 5.74) is 1.75. The number of nitrogens with one attached hydrogen (secondary N) is 1. The van der Waals surface area contributed by atoms with Gasteiger partial charge in [-0.05, 0) is 52.0 Å². The van der Waals surface area contributed by atoms with Crippen LogP contribution in [-0.4, -0.2) is 89.1 Å². The van der Waals surface area contributed by atoms with Crippen molar-refractivity contribution in [1.29, 1.82) is 0 Å². The van der Waals surface area contributed by atoms with Crippen molar-refractivity contribution in [2.75, 3.05) is 33.4 Å². The van der Waals surface area contributed by atoms with Crippen LogP contribution < -0.4 is 14.8 Å². The van der Waals surface area contributed by atoms with Crippen LogP contribution in [0, 0.1) is 0 Å². The number of nitrogens with zero attached hydrogens (tertiary/aromatic N) is 5. The summed E-state index contributed by atoms with van der Waals surface area (Å²) in [7, 11) is 1.55. The van der Waals surface area contributed by atoms with Gasteiger partial charge in [-0.2, -0.15) is 0 Å². The SMILES string of the molecule is COc1c(OC[C@@H](O)CN(C(C)C)C(C)C)ccc2c1N=C(NC(=O)c1cccnc1)N1CCN=C21. The van der Waals surface area contributed by atoms with E-state index in [2.05, 4.69) is 47.9 Å². The predicted molar refractivity (Wildman–Crippen MR) is 138 cm³/mol. The highest BCUT2D eigenvalue weighted by Gasteiger charge is 2.33. The molecular formula is C26H34N6O4. The van der Waals surface area contributed by atoms with Gasteiger partial charge in [0, 0.05) is 43.1 Å². The number of rotatable bonds is 9. The van der Waals surface area contributed by atoms with Crippen LogP contribution in [0.2, 0.25) is 0 Å². The Bertz CT molecular complexity index is 1140. The number of aliphatic hydroxyl groups excluding tert-OH is 1. The lowest BCUT2D eigenvalue weighted by Gasteiger charge is -2.32. The number of methoxy groups -OCH3 is 1. The molecule has 1 amide bonds. The van der Waals surface area contributed by atoms with Crippen LogP contribution in [0.25, 0.3) is 0 Å². The van der Waals surface area contributed by atoms with Crippen molar-refractivity contribution in [2.45, 2.75) is 45.9 Å². The van der Waals surface area contributed by atoms with Crippen molar-refractivity contribution in [2.24, 2.45) is 9.98 Å². The van der Waals surface area contributed by atoms with Gasteiger partial charge in [-0.3, -0.25) is 29.9 Å². The van der Waals surface area contributed by atoms with Gasteiger partial charge in [0.1, 0.15) is 24.2 Å². The average molecular weight is 495 g/mol. The molecule has 1 aromatic heterocycles. The lowest BCUT2D eigenvalue weighted by Crippen LogP contribution is -2.47. The molecule has 192 valence electrons. The summed E-state index contributed by atoms with van der Waals surface area (Å²) in [6.07, 6.45) is 2.44. The second-order valence-electron chi connectivity index (χ2n) is 9.33. The van der Waals surface area contributed by atoms with Gasteiger partial charge in [-0.15, -0.1) is 0 Å². The van der Waals surface area contributed by atoms with E-state index in [0.717, 1.165) is 11.4 Å². The minimum absolute atomic E-state index is 0.104. The monoisotopic (exact) mass is 494 g/mol. The fourth-order valence-corrected chi connectivity index (χ4v) is 4.47. The fourth-order valence-electron chi connectivity index (χ4n) is 4.47. The molecule has 1 atom stereocenters. The number of aliphatic hydroxyl groups is 1. The van der Waals surface area contributed by atoms with Gasteiger partial charge in [-0.25, -0.2) is 4.99 Å². The van der Waals surface area contributed by atoms with Crippen molar-refractivity contribution in [1.82, 2.24) is 20.1 Å². The highest BCUT2D eigenvalue weighted by atomic mass is 16.5. The van der Waals surface area contributed by atoms with Crippen LogP contribution in [-0.2, 0) is 0 Å². The van der Waals surface area contributed by atoms with E-state index in [4.69, 9.17) is 14.5 Å². The normalized spacial score (nSPS) is 15.4. The van der Waals surface area contributed by atoms with Gasteiger partial charge in [0.05, 0.1) is 19.2 Å². The van der Waals surface area contributed by atoms with Crippen LogP contribution in [0.5, 0.6) is 11.5 Å². The topological polar surface area (TPSA) is 112 Å². The molecule has 0 bridgehead atoms. The Morgan fingerprint density at radius 3 is 2.67 bits per heavy atom. The second-order valence-corrected chi connectivity index (χ2v) is 9.33. The minimum atomic E-state index is -0.678. The molecule has 10 nitrogen and oxygen atoms in total. The van der Waals surface area contributed by atoms with E-state index in [9.17, 15) is 9.90 Å². The number of guanidine groups is 1. The minimum Gasteiger partial charge on any atom is -0.491 e. The van der Waals surface area contributed by atoms with Gasteiger partial charge in [0.2, 0.25) is 5.96 Å². The van der Waals surface area contributed by atoms with E-state index in [1.54, 1.807) is 31.5 Å². The van der Waals surface area contributed by atoms with E-state index < -0.39 is 6.10 Å². The van der Waals surface area contributed by atoms with Crippen LogP contribution in [0.1, 0.15) is 43.6 Å². The largest absolute Gasteiger partial charge is 0.491 e. The highest BCUT2D eigenvalue weighted by molar-refractivity contribution is 6.20. The first-order chi connectivity index (χ1) is 17.3. The zero-order valence-electron chi connectivity index (χ0n) is 21.4. The van der Waals surface area contributed by atoms with Crippen molar-refractivity contribution >= 4 is 23.4 Å². The van der Waals surface area contributed by atoms with Gasteiger partial charge < -0.3 is 14.6 Å². The van der Waals surface area contributed by atoms with Crippen LogP contribution in [0.4, 0.5) is 5.69 Å². The third-order valence-electron chi connectivity index (χ3n) is 6.18. The molecule has 0 aliphatic carbocycles. The number of carbonyl (C=O) groups excluding carboxylic acids is 1. The Labute approximate surface area is 211 Å². The maximum Gasteiger partial charge on any atom is 0.259 e. The lowest BCUT2D eigenvalue weighted by atomic mass is 10.1. The Hall–Kier alpha value is -3.50. The number of amidine groups is 1. The molecule has 2 aromatic rings. The number of fused-ring (bicyclic) bond motifs is 3. The molecule has 4 rings (SSSR count). The Morgan fingerprint density at radius 1 is 1.22 bits per heavy atom. The zero-order valence-corrected chi connectivity index (χ0v) is 21.4. The number of aromatic nitrogens is 1. The molecule has 10 heteroatoms. The van der Waals surface area contributed by atoms with Crippen molar-refractivity contribution in [3.8, 4) is 11.5 Å². The molecule has 36 heavy (non-hydrogen) atoms. The first kappa shape index (κ1) is 25.6. The number of aliphatic imine (C=N–C) groups is 2. The van der Waals surface area contributed by atoms with Crippen molar-refractivity contribution in [3.05, 3.63) is 47.8 Å². The second kappa shape index (κ2) is 11.0. The first-order valence-corrected chi connectivity index (χ1v) is 12.2. The van der Waals surface area contributed by atoms with Crippen molar-refractivity contribution in [3.63, 3.8) is 0 Å². The number of benzene rings is 1. The molecule has 0 saturated heterocycles. The lowest BCUT2D eigenvalue weighted by molar-refractivity contribution is 0.0439. The summed E-state index contributed by atoms with van der Waals surface area (Å²) in [6.45, 7) is 10.2. The van der Waals surface area contributed by atoms with Crippen LogP contribution >= 0.6 is 0 Å². The summed E-state index contributed by atoms with van der Waals surface area (Å²) in [4.78, 5) is 30.3. The molecule has 2 aliphatic rings. The van der Waals surface area contributed by atoms with E-state index in [-0.39, 0.29) is 12.5 Å². The molecule has 2 aliphatic heterocycles. The molecule has 0 unspecified atom stereocenters. The maximum absolute atomic E-state index is 12.8. The third-order valence-corrected chi connectivity index (χ3v) is 6.18. The van der Waals surface area contributed by atoms with Gasteiger partial charge in [-0.1, -0.05) is 0 Å². The Morgan fingerprint density at radius 2 is 2.00 bits per heavy atom. The maximum atomic E-state index is 12.8. The number of amides is 1. The summed E-state index contributed by atoms with van der Waals surface area (Å²) >= 11 is 0. The van der Waals surface area contributed by atoms with E-state index >= 15 is 0 Å². The molecular weight excluding hydrogens is 460 g/mol. The average Bonchev–Trinajstić information content (AvgIpc) is 3.36. The van der Waals surface area contributed by atoms with E-state index in [1.807, 2.05) is 11.0 Å². The highest BCUT2D eigenvalue weighted by Crippen LogP contribution is 2.43. The smallest absolute Gasteiger partial charge is 0.259 e. The number of pyridine rings is 1. The Balaban J connectivity index is 1.58. The quantitative estimate of drug-likeness (QED) is 0.551. The zero-order chi connectivity index (χ0) is 25.8. The summed E-state index contributed by atoms with van der Waals surface area (Å²) in [5.74, 6) is 1.66. The van der Waals surface area contributed by atoms with E-state index in [1.165, 1.54) is 6.20 Å². The molecule has 0 radical (unpaired) electrons. The summed E-state index contributed by atoms with van der Waals surface area (Å²) in [6, 6.07) is 7.70. The summed E-state index contributed by atoms with van der Waals surface area (Å²) in [5, 5.41) is 13.5.